The van der Waals surface area contributed by atoms with Crippen LogP contribution in [0.15, 0.2) is 30.3 Å². The highest BCUT2D eigenvalue weighted by atomic mass is 16.5. The van der Waals surface area contributed by atoms with E-state index in [0.717, 1.165) is 12.0 Å². The van der Waals surface area contributed by atoms with Gasteiger partial charge in [0.2, 0.25) is 5.88 Å². The van der Waals surface area contributed by atoms with Gasteiger partial charge in [-0.05, 0) is 26.0 Å². The minimum absolute atomic E-state index is 0.379. The first-order valence-corrected chi connectivity index (χ1v) is 5.90. The van der Waals surface area contributed by atoms with Crippen molar-refractivity contribution in [3.63, 3.8) is 0 Å². The molecule has 96 valence electrons. The second kappa shape index (κ2) is 5.40. The van der Waals surface area contributed by atoms with Gasteiger partial charge >= 0.3 is 0 Å². The fourth-order valence-electron chi connectivity index (χ4n) is 1.71. The average Bonchev–Trinajstić information content (AvgIpc) is 2.75. The highest BCUT2D eigenvalue weighted by Crippen LogP contribution is 2.25. The molecule has 0 saturated carbocycles. The Morgan fingerprint density at radius 1 is 1.42 bits per heavy atom. The van der Waals surface area contributed by atoms with Gasteiger partial charge in [0.05, 0.1) is 16.9 Å². The van der Waals surface area contributed by atoms with Gasteiger partial charge in [-0.3, -0.25) is 4.79 Å². The van der Waals surface area contributed by atoms with E-state index in [1.54, 1.807) is 18.5 Å². The predicted molar refractivity (Wildman–Crippen MR) is 72.6 cm³/mol. The number of terminal acetylenes is 1. The number of carbonyl (C=O) groups is 1. The van der Waals surface area contributed by atoms with Crippen molar-refractivity contribution < 1.29 is 9.53 Å². The molecule has 0 bridgehead atoms. The van der Waals surface area contributed by atoms with E-state index in [9.17, 15) is 4.79 Å². The van der Waals surface area contributed by atoms with Crippen molar-refractivity contribution in [1.29, 1.82) is 0 Å². The van der Waals surface area contributed by atoms with Crippen LogP contribution in [-0.2, 0) is 0 Å². The van der Waals surface area contributed by atoms with Crippen molar-refractivity contribution >= 4 is 6.29 Å². The van der Waals surface area contributed by atoms with Crippen molar-refractivity contribution in [3.8, 4) is 23.9 Å². The molecule has 0 aliphatic carbocycles. The molecule has 4 heteroatoms. The topological polar surface area (TPSA) is 44.1 Å². The summed E-state index contributed by atoms with van der Waals surface area (Å²) >= 11 is 0. The average molecular weight is 254 g/mol. The lowest BCUT2D eigenvalue weighted by Gasteiger charge is -2.11. The van der Waals surface area contributed by atoms with E-state index in [1.807, 2.05) is 30.3 Å². The van der Waals surface area contributed by atoms with Gasteiger partial charge in [-0.25, -0.2) is 4.68 Å². The molecule has 2 rings (SSSR count). The predicted octanol–water partition coefficient (Wildman–Crippen LogP) is 2.39. The third-order valence-corrected chi connectivity index (χ3v) is 2.70. The Morgan fingerprint density at radius 3 is 2.68 bits per heavy atom. The first-order valence-electron chi connectivity index (χ1n) is 5.90. The van der Waals surface area contributed by atoms with Gasteiger partial charge in [-0.1, -0.05) is 24.1 Å². The molecule has 0 spiro atoms. The zero-order valence-corrected chi connectivity index (χ0v) is 10.8. The number of hydrogen-bond acceptors (Lipinski definition) is 3. The maximum absolute atomic E-state index is 11.2. The lowest BCUT2D eigenvalue weighted by molar-refractivity contribution is 0.111. The summed E-state index contributed by atoms with van der Waals surface area (Å²) in [6.45, 7) is 3.50. The van der Waals surface area contributed by atoms with E-state index < -0.39 is 6.10 Å². The van der Waals surface area contributed by atoms with Crippen LogP contribution in [0.25, 0.3) is 5.69 Å². The molecule has 0 radical (unpaired) electrons. The lowest BCUT2D eigenvalue weighted by atomic mass is 10.2. The number of rotatable bonds is 4. The summed E-state index contributed by atoms with van der Waals surface area (Å²) < 4.78 is 7.22. The zero-order chi connectivity index (χ0) is 13.8. The van der Waals surface area contributed by atoms with Gasteiger partial charge in [-0.15, -0.1) is 6.42 Å². The number of para-hydroxylation sites is 1. The summed E-state index contributed by atoms with van der Waals surface area (Å²) in [5.41, 5.74) is 1.85. The molecule has 0 aliphatic heterocycles. The SMILES string of the molecule is C#CC(C)Oc1c(C=O)c(C)nn1-c1ccccc1. The van der Waals surface area contributed by atoms with Gasteiger partial charge in [0.15, 0.2) is 12.4 Å². The summed E-state index contributed by atoms with van der Waals surface area (Å²) in [4.78, 5) is 11.2. The van der Waals surface area contributed by atoms with Crippen LogP contribution in [0.1, 0.15) is 23.0 Å². The van der Waals surface area contributed by atoms with Crippen molar-refractivity contribution in [1.82, 2.24) is 9.78 Å². The van der Waals surface area contributed by atoms with Crippen molar-refractivity contribution in [2.45, 2.75) is 20.0 Å². The molecule has 0 aliphatic rings. The zero-order valence-electron chi connectivity index (χ0n) is 10.8. The lowest BCUT2D eigenvalue weighted by Crippen LogP contribution is -2.13. The molecule has 0 saturated heterocycles. The van der Waals surface area contributed by atoms with E-state index in [-0.39, 0.29) is 0 Å². The smallest absolute Gasteiger partial charge is 0.229 e. The van der Waals surface area contributed by atoms with Crippen LogP contribution in [0, 0.1) is 19.3 Å². The fourth-order valence-corrected chi connectivity index (χ4v) is 1.71. The molecule has 1 aromatic carbocycles. The van der Waals surface area contributed by atoms with Gasteiger partial charge < -0.3 is 4.74 Å². The molecular formula is C15H14N2O2. The normalized spacial score (nSPS) is 11.6. The Balaban J connectivity index is 2.55. The Kier molecular flexibility index (Phi) is 3.67. The Labute approximate surface area is 112 Å². The number of aromatic nitrogens is 2. The highest BCUT2D eigenvalue weighted by molar-refractivity contribution is 5.80. The molecule has 1 atom stereocenters. The van der Waals surface area contributed by atoms with E-state index in [0.29, 0.717) is 17.1 Å². The Morgan fingerprint density at radius 2 is 2.11 bits per heavy atom. The first-order chi connectivity index (χ1) is 9.17. The van der Waals surface area contributed by atoms with Crippen LogP contribution < -0.4 is 4.74 Å². The number of aldehydes is 1. The molecule has 1 unspecified atom stereocenters. The van der Waals surface area contributed by atoms with Crippen LogP contribution in [0.3, 0.4) is 0 Å². The van der Waals surface area contributed by atoms with Crippen LogP contribution in [0.2, 0.25) is 0 Å². The minimum atomic E-state index is -0.433. The second-order valence-corrected chi connectivity index (χ2v) is 4.10. The molecule has 1 aromatic heterocycles. The molecule has 0 amide bonds. The molecule has 4 nitrogen and oxygen atoms in total. The fraction of sp³-hybridized carbons (Fsp3) is 0.200. The number of aryl methyl sites for hydroxylation is 1. The third kappa shape index (κ3) is 2.50. The van der Waals surface area contributed by atoms with Gasteiger partial charge in [0, 0.05) is 0 Å². The van der Waals surface area contributed by atoms with Crippen LogP contribution >= 0.6 is 0 Å². The monoisotopic (exact) mass is 254 g/mol. The third-order valence-electron chi connectivity index (χ3n) is 2.70. The molecule has 0 fully saturated rings. The molecule has 1 heterocycles. The number of carbonyl (C=O) groups excluding carboxylic acids is 1. The summed E-state index contributed by atoms with van der Waals surface area (Å²) in [7, 11) is 0. The van der Waals surface area contributed by atoms with Crippen LogP contribution in [-0.4, -0.2) is 22.2 Å². The standard InChI is InChI=1S/C15H14N2O2/c1-4-11(2)19-15-14(10-18)12(3)16-17(15)13-8-6-5-7-9-13/h1,5-11H,2-3H3. The molecule has 0 N–H and O–H groups in total. The van der Waals surface area contributed by atoms with E-state index >= 15 is 0 Å². The van der Waals surface area contributed by atoms with E-state index in [4.69, 9.17) is 11.2 Å². The first kappa shape index (κ1) is 12.9. The summed E-state index contributed by atoms with van der Waals surface area (Å²) in [5, 5.41) is 4.33. The van der Waals surface area contributed by atoms with Crippen LogP contribution in [0.4, 0.5) is 0 Å². The maximum Gasteiger partial charge on any atom is 0.229 e. The van der Waals surface area contributed by atoms with Crippen molar-refractivity contribution in [2.24, 2.45) is 0 Å². The minimum Gasteiger partial charge on any atom is -0.461 e. The summed E-state index contributed by atoms with van der Waals surface area (Å²) in [6.07, 6.45) is 5.62. The molecule has 2 aromatic rings. The number of hydrogen-bond donors (Lipinski definition) is 0. The van der Waals surface area contributed by atoms with Crippen molar-refractivity contribution in [2.75, 3.05) is 0 Å². The van der Waals surface area contributed by atoms with Crippen LogP contribution in [0.5, 0.6) is 5.88 Å². The highest BCUT2D eigenvalue weighted by Gasteiger charge is 2.18. The number of nitrogens with zero attached hydrogens (tertiary/aromatic N) is 2. The summed E-state index contributed by atoms with van der Waals surface area (Å²) in [6, 6.07) is 9.45. The maximum atomic E-state index is 11.2. The Hall–Kier alpha value is -2.54. The van der Waals surface area contributed by atoms with E-state index in [1.165, 1.54) is 0 Å². The van der Waals surface area contributed by atoms with E-state index in [2.05, 4.69) is 11.0 Å². The second-order valence-electron chi connectivity index (χ2n) is 4.10. The largest absolute Gasteiger partial charge is 0.461 e. The number of ether oxygens (including phenoxy) is 1. The van der Waals surface area contributed by atoms with Crippen molar-refractivity contribution in [3.05, 3.63) is 41.6 Å². The number of benzene rings is 1. The molecule has 19 heavy (non-hydrogen) atoms. The quantitative estimate of drug-likeness (QED) is 0.621. The molecular weight excluding hydrogens is 240 g/mol. The van der Waals surface area contributed by atoms with Gasteiger partial charge in [0.25, 0.3) is 0 Å². The van der Waals surface area contributed by atoms with Gasteiger partial charge in [-0.2, -0.15) is 5.10 Å². The summed E-state index contributed by atoms with van der Waals surface area (Å²) in [5.74, 6) is 2.85. The Bertz CT molecular complexity index is 624. The van der Waals surface area contributed by atoms with Gasteiger partial charge in [0.1, 0.15) is 0 Å².